The first-order valence-corrected chi connectivity index (χ1v) is 6.86. The Labute approximate surface area is 126 Å². The third-order valence-electron chi connectivity index (χ3n) is 3.58. The Hall–Kier alpha value is -2.33. The second kappa shape index (κ2) is 5.22. The molecule has 2 aromatic rings. The summed E-state index contributed by atoms with van der Waals surface area (Å²) >= 11 is 6.06. The van der Waals surface area contributed by atoms with Gasteiger partial charge in [0.15, 0.2) is 0 Å². The van der Waals surface area contributed by atoms with Crippen molar-refractivity contribution in [3.63, 3.8) is 0 Å². The van der Waals surface area contributed by atoms with Gasteiger partial charge in [-0.05, 0) is 23.8 Å². The standard InChI is InChI=1S/C16H12ClNO3/c17-12-7-3-2-6-11(12)15(19)18-13-8-4-1-5-10(13)9-14(18)16(20)21/h1-8,14H,9H2,(H,20,21). The van der Waals surface area contributed by atoms with Gasteiger partial charge in [-0.2, -0.15) is 0 Å². The van der Waals surface area contributed by atoms with E-state index < -0.39 is 17.9 Å². The zero-order valence-corrected chi connectivity index (χ0v) is 11.7. The molecule has 5 heteroatoms. The van der Waals surface area contributed by atoms with Crippen LogP contribution in [0.5, 0.6) is 0 Å². The molecule has 1 aliphatic heterocycles. The first-order chi connectivity index (χ1) is 10.1. The van der Waals surface area contributed by atoms with E-state index >= 15 is 0 Å². The van der Waals surface area contributed by atoms with Gasteiger partial charge in [-0.15, -0.1) is 0 Å². The summed E-state index contributed by atoms with van der Waals surface area (Å²) in [5, 5.41) is 9.71. The third-order valence-corrected chi connectivity index (χ3v) is 3.91. The van der Waals surface area contributed by atoms with Crippen molar-refractivity contribution in [3.8, 4) is 0 Å². The summed E-state index contributed by atoms with van der Waals surface area (Å²) in [5.74, 6) is -1.41. The van der Waals surface area contributed by atoms with E-state index in [1.807, 2.05) is 12.1 Å². The highest BCUT2D eigenvalue weighted by Gasteiger charge is 2.38. The summed E-state index contributed by atoms with van der Waals surface area (Å²) in [6.07, 6.45) is 0.307. The Kier molecular flexibility index (Phi) is 3.39. The predicted molar refractivity (Wildman–Crippen MR) is 79.8 cm³/mol. The minimum atomic E-state index is -1.02. The van der Waals surface area contributed by atoms with Crippen molar-refractivity contribution in [2.45, 2.75) is 12.5 Å². The number of halogens is 1. The lowest BCUT2D eigenvalue weighted by atomic mass is 10.1. The van der Waals surface area contributed by atoms with E-state index in [2.05, 4.69) is 0 Å². The van der Waals surface area contributed by atoms with E-state index in [1.54, 1.807) is 36.4 Å². The Balaban J connectivity index is 2.08. The number of amides is 1. The van der Waals surface area contributed by atoms with Crippen LogP contribution in [0.3, 0.4) is 0 Å². The van der Waals surface area contributed by atoms with Gasteiger partial charge >= 0.3 is 5.97 Å². The highest BCUT2D eigenvalue weighted by molar-refractivity contribution is 6.34. The molecule has 2 aromatic carbocycles. The van der Waals surface area contributed by atoms with Crippen molar-refractivity contribution >= 4 is 29.2 Å². The lowest BCUT2D eigenvalue weighted by molar-refractivity contribution is -0.138. The molecule has 1 atom stereocenters. The molecular weight excluding hydrogens is 290 g/mol. The Morgan fingerprint density at radius 2 is 1.76 bits per heavy atom. The van der Waals surface area contributed by atoms with Crippen LogP contribution in [-0.4, -0.2) is 23.0 Å². The second-order valence-electron chi connectivity index (χ2n) is 4.84. The highest BCUT2D eigenvalue weighted by atomic mass is 35.5. The fraction of sp³-hybridized carbons (Fsp3) is 0.125. The van der Waals surface area contributed by atoms with Crippen LogP contribution in [0.4, 0.5) is 5.69 Å². The molecular formula is C16H12ClNO3. The van der Waals surface area contributed by atoms with E-state index in [9.17, 15) is 14.7 Å². The quantitative estimate of drug-likeness (QED) is 0.927. The molecule has 1 N–H and O–H groups in total. The fourth-order valence-electron chi connectivity index (χ4n) is 2.60. The van der Waals surface area contributed by atoms with Crippen molar-refractivity contribution in [2.24, 2.45) is 0 Å². The molecule has 0 aliphatic carbocycles. The van der Waals surface area contributed by atoms with Crippen LogP contribution in [0.1, 0.15) is 15.9 Å². The van der Waals surface area contributed by atoms with E-state index in [4.69, 9.17) is 11.6 Å². The van der Waals surface area contributed by atoms with Crippen molar-refractivity contribution in [1.82, 2.24) is 0 Å². The summed E-state index contributed by atoms with van der Waals surface area (Å²) in [4.78, 5) is 25.5. The van der Waals surface area contributed by atoms with Crippen molar-refractivity contribution < 1.29 is 14.7 Å². The summed E-state index contributed by atoms with van der Waals surface area (Å²) in [5.41, 5.74) is 1.79. The summed E-state index contributed by atoms with van der Waals surface area (Å²) < 4.78 is 0. The number of rotatable bonds is 2. The topological polar surface area (TPSA) is 57.6 Å². The Bertz CT molecular complexity index is 729. The predicted octanol–water partition coefficient (Wildman–Crippen LogP) is 3.00. The highest BCUT2D eigenvalue weighted by Crippen LogP contribution is 2.34. The number of nitrogens with zero attached hydrogens (tertiary/aromatic N) is 1. The van der Waals surface area contributed by atoms with Crippen LogP contribution in [0.25, 0.3) is 0 Å². The SMILES string of the molecule is O=C(O)C1Cc2ccccc2N1C(=O)c1ccccc1Cl. The summed E-state index contributed by atoms with van der Waals surface area (Å²) in [6, 6.07) is 13.0. The molecule has 0 fully saturated rings. The van der Waals surface area contributed by atoms with E-state index in [-0.39, 0.29) is 0 Å². The van der Waals surface area contributed by atoms with Crippen molar-refractivity contribution in [1.29, 1.82) is 0 Å². The number of carboxylic acid groups (broad SMARTS) is 1. The normalized spacial score (nSPS) is 16.6. The van der Waals surface area contributed by atoms with Gasteiger partial charge in [-0.3, -0.25) is 9.69 Å². The molecule has 0 saturated carbocycles. The molecule has 4 nitrogen and oxygen atoms in total. The molecule has 0 radical (unpaired) electrons. The Morgan fingerprint density at radius 3 is 2.48 bits per heavy atom. The van der Waals surface area contributed by atoms with Crippen LogP contribution in [-0.2, 0) is 11.2 Å². The van der Waals surface area contributed by atoms with E-state index in [0.717, 1.165) is 5.56 Å². The molecule has 0 saturated heterocycles. The van der Waals surface area contributed by atoms with Gasteiger partial charge in [-0.25, -0.2) is 4.79 Å². The van der Waals surface area contributed by atoms with Gasteiger partial charge < -0.3 is 5.11 Å². The zero-order chi connectivity index (χ0) is 15.0. The van der Waals surface area contributed by atoms with Gasteiger partial charge in [0.05, 0.1) is 10.6 Å². The Morgan fingerprint density at radius 1 is 1.10 bits per heavy atom. The number of fused-ring (bicyclic) bond motifs is 1. The maximum atomic E-state index is 12.7. The van der Waals surface area contributed by atoms with Gasteiger partial charge in [-0.1, -0.05) is 41.9 Å². The molecule has 106 valence electrons. The minimum Gasteiger partial charge on any atom is -0.480 e. The third kappa shape index (κ3) is 2.28. The molecule has 1 heterocycles. The minimum absolute atomic E-state index is 0.307. The smallest absolute Gasteiger partial charge is 0.327 e. The van der Waals surface area contributed by atoms with E-state index in [1.165, 1.54) is 4.90 Å². The maximum Gasteiger partial charge on any atom is 0.327 e. The number of hydrogen-bond donors (Lipinski definition) is 1. The van der Waals surface area contributed by atoms with Crippen LogP contribution >= 0.6 is 11.6 Å². The number of para-hydroxylation sites is 1. The number of carbonyl (C=O) groups excluding carboxylic acids is 1. The number of hydrogen-bond acceptors (Lipinski definition) is 2. The monoisotopic (exact) mass is 301 g/mol. The number of carbonyl (C=O) groups is 2. The van der Waals surface area contributed by atoms with Crippen molar-refractivity contribution in [2.75, 3.05) is 4.90 Å². The van der Waals surface area contributed by atoms with Gasteiger partial charge in [0.25, 0.3) is 5.91 Å². The number of benzene rings is 2. The number of anilines is 1. The summed E-state index contributed by atoms with van der Waals surface area (Å²) in [6.45, 7) is 0. The average Bonchev–Trinajstić information content (AvgIpc) is 2.86. The molecule has 21 heavy (non-hydrogen) atoms. The largest absolute Gasteiger partial charge is 0.480 e. The molecule has 1 amide bonds. The number of aliphatic carboxylic acids is 1. The summed E-state index contributed by atoms with van der Waals surface area (Å²) in [7, 11) is 0. The fourth-order valence-corrected chi connectivity index (χ4v) is 2.82. The van der Waals surface area contributed by atoms with Crippen LogP contribution in [0.2, 0.25) is 5.02 Å². The van der Waals surface area contributed by atoms with E-state index in [0.29, 0.717) is 22.7 Å². The van der Waals surface area contributed by atoms with Crippen LogP contribution < -0.4 is 4.90 Å². The first-order valence-electron chi connectivity index (χ1n) is 6.48. The molecule has 1 unspecified atom stereocenters. The van der Waals surface area contributed by atoms with Crippen LogP contribution in [0.15, 0.2) is 48.5 Å². The van der Waals surface area contributed by atoms with Crippen LogP contribution in [0, 0.1) is 0 Å². The zero-order valence-electron chi connectivity index (χ0n) is 11.0. The first kappa shape index (κ1) is 13.6. The van der Waals surface area contributed by atoms with Crippen molar-refractivity contribution in [3.05, 3.63) is 64.7 Å². The molecule has 0 aromatic heterocycles. The average molecular weight is 302 g/mol. The van der Waals surface area contributed by atoms with Gasteiger partial charge in [0, 0.05) is 12.1 Å². The lowest BCUT2D eigenvalue weighted by Gasteiger charge is -2.23. The number of carboxylic acids is 1. The lowest BCUT2D eigenvalue weighted by Crippen LogP contribution is -2.43. The maximum absolute atomic E-state index is 12.7. The molecule has 3 rings (SSSR count). The molecule has 0 bridgehead atoms. The molecule has 1 aliphatic rings. The van der Waals surface area contributed by atoms with Gasteiger partial charge in [0.1, 0.15) is 6.04 Å². The second-order valence-corrected chi connectivity index (χ2v) is 5.25. The molecule has 0 spiro atoms. The van der Waals surface area contributed by atoms with Gasteiger partial charge in [0.2, 0.25) is 0 Å².